The Hall–Kier alpha value is -2.68. The number of benzene rings is 2. The zero-order valence-electron chi connectivity index (χ0n) is 14.0. The van der Waals surface area contributed by atoms with Crippen molar-refractivity contribution in [2.24, 2.45) is 4.99 Å². The Balaban J connectivity index is 1.81. The molecule has 0 radical (unpaired) electrons. The molecule has 1 saturated heterocycles. The number of terminal acetylenes is 1. The molecule has 0 aliphatic carbocycles. The lowest BCUT2D eigenvalue weighted by molar-refractivity contribution is -0.121. The summed E-state index contributed by atoms with van der Waals surface area (Å²) < 4.78 is 5.34. The lowest BCUT2D eigenvalue weighted by atomic mass is 10.2. The number of nitrogens with zero attached hydrogens (tertiary/aromatic N) is 2. The second-order valence-electron chi connectivity index (χ2n) is 5.38. The SMILES string of the molecule is C#CCOc1ccc(/C=C2\SC(=Nc3ccccc3Cl)N(C)C2=O)cc1. The van der Waals surface area contributed by atoms with Gasteiger partial charge < -0.3 is 4.74 Å². The first kappa shape index (κ1) is 18.1. The van der Waals surface area contributed by atoms with Crippen LogP contribution in [0.2, 0.25) is 5.02 Å². The van der Waals surface area contributed by atoms with Crippen molar-refractivity contribution in [1.82, 2.24) is 4.90 Å². The molecular formula is C20H15ClN2O2S. The molecule has 1 aliphatic heterocycles. The van der Waals surface area contributed by atoms with E-state index in [1.54, 1.807) is 13.1 Å². The van der Waals surface area contributed by atoms with Gasteiger partial charge in [0.25, 0.3) is 5.91 Å². The average Bonchev–Trinajstić information content (AvgIpc) is 2.91. The fourth-order valence-corrected chi connectivity index (χ4v) is 3.39. The number of hydrogen-bond acceptors (Lipinski definition) is 4. The summed E-state index contributed by atoms with van der Waals surface area (Å²) in [6, 6.07) is 14.6. The van der Waals surface area contributed by atoms with E-state index in [2.05, 4.69) is 10.9 Å². The quantitative estimate of drug-likeness (QED) is 0.574. The molecule has 2 aromatic carbocycles. The van der Waals surface area contributed by atoms with Gasteiger partial charge in [-0.05, 0) is 47.7 Å². The molecule has 130 valence electrons. The van der Waals surface area contributed by atoms with Crippen LogP contribution in [-0.2, 0) is 4.79 Å². The molecule has 0 bridgehead atoms. The number of carbonyl (C=O) groups excluding carboxylic acids is 1. The normalized spacial score (nSPS) is 17.0. The van der Waals surface area contributed by atoms with Crippen molar-refractivity contribution >= 4 is 46.2 Å². The maximum atomic E-state index is 12.5. The van der Waals surface area contributed by atoms with E-state index >= 15 is 0 Å². The van der Waals surface area contributed by atoms with Crippen molar-refractivity contribution in [2.75, 3.05) is 13.7 Å². The van der Waals surface area contributed by atoms with E-state index in [0.717, 1.165) is 5.56 Å². The van der Waals surface area contributed by atoms with E-state index in [-0.39, 0.29) is 12.5 Å². The van der Waals surface area contributed by atoms with Crippen LogP contribution < -0.4 is 4.74 Å². The number of ether oxygens (including phenoxy) is 1. The monoisotopic (exact) mass is 382 g/mol. The van der Waals surface area contributed by atoms with Crippen molar-refractivity contribution in [3.8, 4) is 18.1 Å². The van der Waals surface area contributed by atoms with Gasteiger partial charge in [-0.15, -0.1) is 6.42 Å². The Morgan fingerprint density at radius 3 is 2.69 bits per heavy atom. The second kappa shape index (κ2) is 8.13. The van der Waals surface area contributed by atoms with E-state index in [4.69, 9.17) is 22.8 Å². The predicted octanol–water partition coefficient (Wildman–Crippen LogP) is 4.59. The molecule has 26 heavy (non-hydrogen) atoms. The summed E-state index contributed by atoms with van der Waals surface area (Å²) in [4.78, 5) is 19.1. The number of aliphatic imine (C=N–C) groups is 1. The lowest BCUT2D eigenvalue weighted by Gasteiger charge is -2.07. The van der Waals surface area contributed by atoms with Crippen LogP contribution in [0.25, 0.3) is 6.08 Å². The van der Waals surface area contributed by atoms with E-state index in [9.17, 15) is 4.79 Å². The van der Waals surface area contributed by atoms with Crippen LogP contribution in [0.4, 0.5) is 5.69 Å². The van der Waals surface area contributed by atoms with Gasteiger partial charge in [-0.1, -0.05) is 41.8 Å². The Morgan fingerprint density at radius 2 is 2.00 bits per heavy atom. The van der Waals surface area contributed by atoms with Gasteiger partial charge in [0.2, 0.25) is 0 Å². The number of carbonyl (C=O) groups is 1. The molecule has 6 heteroatoms. The first-order chi connectivity index (χ1) is 12.6. The van der Waals surface area contributed by atoms with Gasteiger partial charge in [0, 0.05) is 7.05 Å². The van der Waals surface area contributed by atoms with Gasteiger partial charge in [0.15, 0.2) is 5.17 Å². The third-order valence-corrected chi connectivity index (χ3v) is 4.95. The van der Waals surface area contributed by atoms with E-state index < -0.39 is 0 Å². The largest absolute Gasteiger partial charge is 0.481 e. The standard InChI is InChI=1S/C20H15ClN2O2S/c1-3-12-25-15-10-8-14(9-11-15)13-18-19(24)23(2)20(26-18)22-17-7-5-4-6-16(17)21/h1,4-11,13H,12H2,2H3/b18-13-,22-20?. The molecule has 1 aliphatic rings. The van der Waals surface area contributed by atoms with Crippen LogP contribution in [0, 0.1) is 12.3 Å². The van der Waals surface area contributed by atoms with Gasteiger partial charge in [0.1, 0.15) is 12.4 Å². The summed E-state index contributed by atoms with van der Waals surface area (Å²) in [5.74, 6) is 3.00. The van der Waals surface area contributed by atoms with Crippen LogP contribution in [0.15, 0.2) is 58.4 Å². The number of rotatable bonds is 4. The van der Waals surface area contributed by atoms with Crippen molar-refractivity contribution in [2.45, 2.75) is 0 Å². The molecule has 0 aromatic heterocycles. The summed E-state index contributed by atoms with van der Waals surface area (Å²) in [5.41, 5.74) is 1.52. The third-order valence-electron chi connectivity index (χ3n) is 3.57. The molecule has 4 nitrogen and oxygen atoms in total. The number of halogens is 1. The molecule has 0 unspecified atom stereocenters. The van der Waals surface area contributed by atoms with Crippen LogP contribution in [0.3, 0.4) is 0 Å². The molecule has 0 N–H and O–H groups in total. The number of hydrogen-bond donors (Lipinski definition) is 0. The molecule has 1 amide bonds. The molecule has 2 aromatic rings. The predicted molar refractivity (Wildman–Crippen MR) is 108 cm³/mol. The smallest absolute Gasteiger partial charge is 0.266 e. The van der Waals surface area contributed by atoms with Crippen LogP contribution in [0.1, 0.15) is 5.56 Å². The highest BCUT2D eigenvalue weighted by Crippen LogP contribution is 2.34. The van der Waals surface area contributed by atoms with E-state index in [1.807, 2.05) is 48.5 Å². The molecule has 0 spiro atoms. The second-order valence-corrected chi connectivity index (χ2v) is 6.80. The maximum absolute atomic E-state index is 12.5. The van der Waals surface area contributed by atoms with Crippen LogP contribution >= 0.6 is 23.4 Å². The van der Waals surface area contributed by atoms with Crippen molar-refractivity contribution in [3.05, 3.63) is 64.0 Å². The summed E-state index contributed by atoms with van der Waals surface area (Å²) in [6.07, 6.45) is 7.00. The number of para-hydroxylation sites is 1. The van der Waals surface area contributed by atoms with Crippen molar-refractivity contribution in [3.63, 3.8) is 0 Å². The number of thioether (sulfide) groups is 1. The lowest BCUT2D eigenvalue weighted by Crippen LogP contribution is -2.23. The molecule has 0 atom stereocenters. The minimum Gasteiger partial charge on any atom is -0.481 e. The third kappa shape index (κ3) is 4.10. The Morgan fingerprint density at radius 1 is 1.27 bits per heavy atom. The molecule has 3 rings (SSSR count). The summed E-state index contributed by atoms with van der Waals surface area (Å²) >= 11 is 7.46. The van der Waals surface area contributed by atoms with Crippen LogP contribution in [0.5, 0.6) is 5.75 Å². The number of likely N-dealkylation sites (N-methyl/N-ethyl adjacent to an activating group) is 1. The fourth-order valence-electron chi connectivity index (χ4n) is 2.23. The topological polar surface area (TPSA) is 41.9 Å². The van der Waals surface area contributed by atoms with Gasteiger partial charge in [-0.25, -0.2) is 4.99 Å². The zero-order chi connectivity index (χ0) is 18.5. The molecule has 1 fully saturated rings. The minimum atomic E-state index is -0.103. The van der Waals surface area contributed by atoms with E-state index in [1.165, 1.54) is 16.7 Å². The van der Waals surface area contributed by atoms with Gasteiger partial charge in [-0.2, -0.15) is 0 Å². The van der Waals surface area contributed by atoms with Crippen LogP contribution in [-0.4, -0.2) is 29.6 Å². The molecule has 1 heterocycles. The van der Waals surface area contributed by atoms with E-state index in [0.29, 0.717) is 26.5 Å². The Labute approximate surface area is 161 Å². The highest BCUT2D eigenvalue weighted by atomic mass is 35.5. The van der Waals surface area contributed by atoms with Gasteiger partial charge in [-0.3, -0.25) is 9.69 Å². The molecular weight excluding hydrogens is 368 g/mol. The summed E-state index contributed by atoms with van der Waals surface area (Å²) in [5, 5.41) is 1.13. The van der Waals surface area contributed by atoms with Gasteiger partial charge >= 0.3 is 0 Å². The fraction of sp³-hybridized carbons (Fsp3) is 0.100. The van der Waals surface area contributed by atoms with Crippen molar-refractivity contribution in [1.29, 1.82) is 0 Å². The minimum absolute atomic E-state index is 0.103. The van der Waals surface area contributed by atoms with Gasteiger partial charge in [0.05, 0.1) is 15.6 Å². The average molecular weight is 383 g/mol. The summed E-state index contributed by atoms with van der Waals surface area (Å²) in [7, 11) is 1.70. The molecule has 0 saturated carbocycles. The first-order valence-corrected chi connectivity index (χ1v) is 8.95. The zero-order valence-corrected chi connectivity index (χ0v) is 15.6. The Bertz CT molecular complexity index is 930. The highest BCUT2D eigenvalue weighted by Gasteiger charge is 2.30. The highest BCUT2D eigenvalue weighted by molar-refractivity contribution is 8.18. The maximum Gasteiger partial charge on any atom is 0.266 e. The van der Waals surface area contributed by atoms with Crippen molar-refractivity contribution < 1.29 is 9.53 Å². The number of amides is 1. The number of amidine groups is 1. The summed E-state index contributed by atoms with van der Waals surface area (Å²) in [6.45, 7) is 0.224. The first-order valence-electron chi connectivity index (χ1n) is 7.75. The Kier molecular flexibility index (Phi) is 5.67.